The Kier molecular flexibility index (Phi) is 4.32. The molecule has 1 aliphatic rings. The van der Waals surface area contributed by atoms with E-state index < -0.39 is 6.10 Å². The van der Waals surface area contributed by atoms with Crippen LogP contribution in [-0.2, 0) is 6.42 Å². The number of hydrogen-bond donors (Lipinski definition) is 1. The fourth-order valence-corrected chi connectivity index (χ4v) is 3.21. The topological polar surface area (TPSA) is 29.5 Å². The number of rotatable bonds is 5. The number of hydrogen-bond acceptors (Lipinski definition) is 2. The van der Waals surface area contributed by atoms with Gasteiger partial charge in [0.25, 0.3) is 0 Å². The van der Waals surface area contributed by atoms with Crippen LogP contribution in [0.3, 0.4) is 0 Å². The van der Waals surface area contributed by atoms with E-state index in [1.54, 1.807) is 7.11 Å². The van der Waals surface area contributed by atoms with Crippen LogP contribution < -0.4 is 4.74 Å². The molecule has 2 aromatic rings. The van der Waals surface area contributed by atoms with E-state index >= 15 is 0 Å². The van der Waals surface area contributed by atoms with Crippen LogP contribution in [0, 0.1) is 0 Å². The Bertz CT molecular complexity index is 635. The third-order valence-electron chi connectivity index (χ3n) is 4.03. The molecule has 1 aliphatic carbocycles. The summed E-state index contributed by atoms with van der Waals surface area (Å²) < 4.78 is 6.40. The maximum atomic E-state index is 10.7. The summed E-state index contributed by atoms with van der Waals surface area (Å²) in [4.78, 5) is 0. The number of benzene rings is 2. The second-order valence-electron chi connectivity index (χ2n) is 5.58. The van der Waals surface area contributed by atoms with Gasteiger partial charge in [0.1, 0.15) is 5.75 Å². The minimum Gasteiger partial charge on any atom is -0.496 e. The van der Waals surface area contributed by atoms with Gasteiger partial charge in [0.2, 0.25) is 0 Å². The summed E-state index contributed by atoms with van der Waals surface area (Å²) in [6, 6.07) is 14.1. The van der Waals surface area contributed by atoms with E-state index in [0.717, 1.165) is 21.3 Å². The van der Waals surface area contributed by atoms with Gasteiger partial charge in [0.15, 0.2) is 0 Å². The summed E-state index contributed by atoms with van der Waals surface area (Å²) in [6.07, 6.45) is 2.55. The third-order valence-corrected chi connectivity index (χ3v) is 4.52. The van der Waals surface area contributed by atoms with Crippen LogP contribution in [0.1, 0.15) is 41.6 Å². The largest absolute Gasteiger partial charge is 0.496 e. The average molecular weight is 347 g/mol. The van der Waals surface area contributed by atoms with Gasteiger partial charge in [-0.05, 0) is 53.6 Å². The lowest BCUT2D eigenvalue weighted by atomic mass is 9.94. The normalized spacial score (nSPS) is 15.8. The SMILES string of the molecule is COc1ccc(Br)cc1CC(O)c1ccccc1C1CC1. The van der Waals surface area contributed by atoms with E-state index in [-0.39, 0.29) is 0 Å². The van der Waals surface area contributed by atoms with Gasteiger partial charge in [0.05, 0.1) is 13.2 Å². The van der Waals surface area contributed by atoms with Crippen molar-refractivity contribution in [3.63, 3.8) is 0 Å². The molecule has 3 heteroatoms. The number of methoxy groups -OCH3 is 1. The molecule has 0 heterocycles. The predicted octanol–water partition coefficient (Wildman–Crippen LogP) is 4.61. The van der Waals surface area contributed by atoms with Crippen molar-refractivity contribution >= 4 is 15.9 Å². The first-order valence-corrected chi connectivity index (χ1v) is 8.07. The predicted molar refractivity (Wildman–Crippen MR) is 87.8 cm³/mol. The molecule has 0 aromatic heterocycles. The molecule has 0 amide bonds. The molecule has 1 saturated carbocycles. The van der Waals surface area contributed by atoms with E-state index in [1.165, 1.54) is 18.4 Å². The molecule has 1 fully saturated rings. The van der Waals surface area contributed by atoms with E-state index in [1.807, 2.05) is 30.3 Å². The van der Waals surface area contributed by atoms with E-state index in [9.17, 15) is 5.11 Å². The van der Waals surface area contributed by atoms with Crippen LogP contribution in [0.5, 0.6) is 5.75 Å². The van der Waals surface area contributed by atoms with Crippen molar-refractivity contribution in [2.24, 2.45) is 0 Å². The minimum atomic E-state index is -0.495. The first kappa shape index (κ1) is 14.6. The highest BCUT2D eigenvalue weighted by atomic mass is 79.9. The van der Waals surface area contributed by atoms with E-state index in [2.05, 4.69) is 28.1 Å². The Labute approximate surface area is 133 Å². The molecule has 0 saturated heterocycles. The summed E-state index contributed by atoms with van der Waals surface area (Å²) in [5, 5.41) is 10.7. The van der Waals surface area contributed by atoms with Gasteiger partial charge >= 0.3 is 0 Å². The standard InChI is InChI=1S/C18H19BrO2/c1-21-18-9-8-14(19)10-13(18)11-17(20)16-5-3-2-4-15(16)12-6-7-12/h2-5,8-10,12,17,20H,6-7,11H2,1H3. The molecular formula is C18H19BrO2. The Hall–Kier alpha value is -1.32. The molecule has 1 unspecified atom stereocenters. The lowest BCUT2D eigenvalue weighted by Gasteiger charge is -2.17. The van der Waals surface area contributed by atoms with Gasteiger partial charge in [-0.2, -0.15) is 0 Å². The molecule has 2 nitrogen and oxygen atoms in total. The molecule has 1 atom stereocenters. The van der Waals surface area contributed by atoms with Gasteiger partial charge in [-0.15, -0.1) is 0 Å². The van der Waals surface area contributed by atoms with Gasteiger partial charge in [-0.3, -0.25) is 0 Å². The molecule has 1 N–H and O–H groups in total. The van der Waals surface area contributed by atoms with Crippen LogP contribution in [-0.4, -0.2) is 12.2 Å². The van der Waals surface area contributed by atoms with Gasteiger partial charge in [-0.1, -0.05) is 40.2 Å². The second kappa shape index (κ2) is 6.20. The van der Waals surface area contributed by atoms with Crippen LogP contribution in [0.25, 0.3) is 0 Å². The van der Waals surface area contributed by atoms with Crippen molar-refractivity contribution in [1.82, 2.24) is 0 Å². The molecule has 3 rings (SSSR count). The van der Waals surface area contributed by atoms with Crippen molar-refractivity contribution < 1.29 is 9.84 Å². The quantitative estimate of drug-likeness (QED) is 0.856. The van der Waals surface area contributed by atoms with Crippen LogP contribution >= 0.6 is 15.9 Å². The lowest BCUT2D eigenvalue weighted by molar-refractivity contribution is 0.176. The first-order chi connectivity index (χ1) is 10.2. The Morgan fingerprint density at radius 2 is 2.00 bits per heavy atom. The maximum absolute atomic E-state index is 10.7. The smallest absolute Gasteiger partial charge is 0.122 e. The first-order valence-electron chi connectivity index (χ1n) is 7.28. The zero-order chi connectivity index (χ0) is 14.8. The van der Waals surface area contributed by atoms with Crippen molar-refractivity contribution in [2.75, 3.05) is 7.11 Å². The zero-order valence-electron chi connectivity index (χ0n) is 12.1. The molecule has 0 spiro atoms. The molecule has 2 aromatic carbocycles. The second-order valence-corrected chi connectivity index (χ2v) is 6.49. The van der Waals surface area contributed by atoms with Crippen molar-refractivity contribution in [1.29, 1.82) is 0 Å². The minimum absolute atomic E-state index is 0.495. The number of aliphatic hydroxyl groups is 1. The Morgan fingerprint density at radius 1 is 1.24 bits per heavy atom. The lowest BCUT2D eigenvalue weighted by Crippen LogP contribution is -2.06. The summed E-state index contributed by atoms with van der Waals surface area (Å²) in [7, 11) is 1.66. The Balaban J connectivity index is 1.86. The van der Waals surface area contributed by atoms with Crippen LogP contribution in [0.4, 0.5) is 0 Å². The van der Waals surface area contributed by atoms with Crippen molar-refractivity contribution in [3.8, 4) is 5.75 Å². The molecule has 21 heavy (non-hydrogen) atoms. The summed E-state index contributed by atoms with van der Waals surface area (Å²) in [5.41, 5.74) is 3.38. The highest BCUT2D eigenvalue weighted by molar-refractivity contribution is 9.10. The number of ether oxygens (including phenoxy) is 1. The monoisotopic (exact) mass is 346 g/mol. The van der Waals surface area contributed by atoms with Gasteiger partial charge in [-0.25, -0.2) is 0 Å². The third kappa shape index (κ3) is 3.30. The van der Waals surface area contributed by atoms with E-state index in [0.29, 0.717) is 12.3 Å². The summed E-state index contributed by atoms with van der Waals surface area (Å²) in [5.74, 6) is 1.46. The Morgan fingerprint density at radius 3 is 2.71 bits per heavy atom. The van der Waals surface area contributed by atoms with Crippen LogP contribution in [0.2, 0.25) is 0 Å². The molecule has 110 valence electrons. The average Bonchev–Trinajstić information content (AvgIpc) is 3.32. The van der Waals surface area contributed by atoms with E-state index in [4.69, 9.17) is 4.74 Å². The highest BCUT2D eigenvalue weighted by Gasteiger charge is 2.27. The molecular weight excluding hydrogens is 328 g/mol. The molecule has 0 aliphatic heterocycles. The van der Waals surface area contributed by atoms with Crippen molar-refractivity contribution in [2.45, 2.75) is 31.3 Å². The summed E-state index contributed by atoms with van der Waals surface area (Å²) in [6.45, 7) is 0. The van der Waals surface area contributed by atoms with Gasteiger partial charge in [0, 0.05) is 10.9 Å². The highest BCUT2D eigenvalue weighted by Crippen LogP contribution is 2.43. The van der Waals surface area contributed by atoms with Crippen molar-refractivity contribution in [3.05, 3.63) is 63.6 Å². The number of aliphatic hydroxyl groups excluding tert-OH is 1. The maximum Gasteiger partial charge on any atom is 0.122 e. The fraction of sp³-hybridized carbons (Fsp3) is 0.333. The molecule has 0 radical (unpaired) electrons. The number of halogens is 1. The molecule has 0 bridgehead atoms. The van der Waals surface area contributed by atoms with Crippen LogP contribution in [0.15, 0.2) is 46.9 Å². The zero-order valence-corrected chi connectivity index (χ0v) is 13.6. The summed E-state index contributed by atoms with van der Waals surface area (Å²) >= 11 is 3.48. The van der Waals surface area contributed by atoms with Gasteiger partial charge < -0.3 is 9.84 Å². The fourth-order valence-electron chi connectivity index (χ4n) is 2.81.